The second-order valence-electron chi connectivity index (χ2n) is 7.09. The zero-order valence-corrected chi connectivity index (χ0v) is 15.1. The molecule has 0 aromatic heterocycles. The van der Waals surface area contributed by atoms with Crippen LogP contribution in [0.1, 0.15) is 33.3 Å². The maximum Gasteiger partial charge on any atom is 0.310 e. The lowest BCUT2D eigenvalue weighted by molar-refractivity contribution is -0.147. The molecule has 0 N–H and O–H groups in total. The molecule has 0 aliphatic heterocycles. The van der Waals surface area contributed by atoms with E-state index in [1.54, 1.807) is 12.1 Å². The summed E-state index contributed by atoms with van der Waals surface area (Å²) in [4.78, 5) is 12.5. The summed E-state index contributed by atoms with van der Waals surface area (Å²) in [5.74, 6) is -0.0648. The van der Waals surface area contributed by atoms with Crippen molar-refractivity contribution in [1.82, 2.24) is 0 Å². The van der Waals surface area contributed by atoms with E-state index in [0.29, 0.717) is 0 Å². The van der Waals surface area contributed by atoms with Crippen molar-refractivity contribution in [2.45, 2.75) is 39.2 Å². The predicted octanol–water partition coefficient (Wildman–Crippen LogP) is 3.37. The van der Waals surface area contributed by atoms with Crippen molar-refractivity contribution >= 4 is 15.8 Å². The fraction of sp³-hybridized carbons (Fsp3) is 0.500. The average Bonchev–Trinajstić information content (AvgIpc) is 2.96. The highest BCUT2D eigenvalue weighted by atomic mass is 32.2. The van der Waals surface area contributed by atoms with E-state index in [1.165, 1.54) is 24.0 Å². The largest absolute Gasteiger partial charge is 0.461 e. The van der Waals surface area contributed by atoms with Crippen molar-refractivity contribution in [3.63, 3.8) is 0 Å². The van der Waals surface area contributed by atoms with Crippen molar-refractivity contribution < 1.29 is 17.9 Å². The molecule has 0 spiro atoms. The lowest BCUT2D eigenvalue weighted by atomic mass is 10.1. The van der Waals surface area contributed by atoms with E-state index in [-0.39, 0.29) is 34.7 Å². The molecule has 0 bridgehead atoms. The van der Waals surface area contributed by atoms with Gasteiger partial charge in [0.25, 0.3) is 0 Å². The molecule has 1 aromatic rings. The summed E-state index contributed by atoms with van der Waals surface area (Å²) in [6.07, 6.45) is 3.30. The molecule has 126 valence electrons. The SMILES string of the molecule is CC(C)=CC1C(C(=O)OCc2ccc(S(C)(=O)=O)cc2)C1(C)C. The second kappa shape index (κ2) is 6.11. The van der Waals surface area contributed by atoms with Gasteiger partial charge in [0, 0.05) is 6.26 Å². The van der Waals surface area contributed by atoms with Gasteiger partial charge in [0.05, 0.1) is 10.8 Å². The average molecular weight is 336 g/mol. The summed E-state index contributed by atoms with van der Waals surface area (Å²) in [7, 11) is -3.20. The van der Waals surface area contributed by atoms with Crippen LogP contribution in [0.2, 0.25) is 0 Å². The van der Waals surface area contributed by atoms with Gasteiger partial charge in [-0.2, -0.15) is 0 Å². The molecule has 2 atom stereocenters. The summed E-state index contributed by atoms with van der Waals surface area (Å²) in [6, 6.07) is 6.42. The van der Waals surface area contributed by atoms with Gasteiger partial charge in [0.2, 0.25) is 0 Å². The molecule has 1 aliphatic rings. The number of ether oxygens (including phenoxy) is 1. The number of rotatable bonds is 5. The van der Waals surface area contributed by atoms with E-state index >= 15 is 0 Å². The van der Waals surface area contributed by atoms with Crippen LogP contribution in [0.25, 0.3) is 0 Å². The zero-order valence-electron chi connectivity index (χ0n) is 14.3. The fourth-order valence-electron chi connectivity index (χ4n) is 2.88. The first kappa shape index (κ1) is 17.7. The van der Waals surface area contributed by atoms with Crippen LogP contribution in [-0.4, -0.2) is 20.6 Å². The smallest absolute Gasteiger partial charge is 0.310 e. The van der Waals surface area contributed by atoms with Gasteiger partial charge < -0.3 is 4.74 Å². The first-order valence-electron chi connectivity index (χ1n) is 7.64. The third-order valence-corrected chi connectivity index (χ3v) is 5.54. The van der Waals surface area contributed by atoms with E-state index < -0.39 is 9.84 Å². The van der Waals surface area contributed by atoms with Crippen molar-refractivity contribution in [2.24, 2.45) is 17.3 Å². The van der Waals surface area contributed by atoms with Crippen LogP contribution in [0, 0.1) is 17.3 Å². The third kappa shape index (κ3) is 4.02. The highest BCUT2D eigenvalue weighted by molar-refractivity contribution is 7.90. The Bertz CT molecular complexity index is 723. The Morgan fingerprint density at radius 1 is 1.22 bits per heavy atom. The van der Waals surface area contributed by atoms with Crippen LogP contribution in [-0.2, 0) is 26.0 Å². The van der Waals surface area contributed by atoms with Gasteiger partial charge in [-0.15, -0.1) is 0 Å². The minimum absolute atomic E-state index is 0.0610. The molecule has 2 rings (SSSR count). The molecule has 1 saturated carbocycles. The zero-order chi connectivity index (χ0) is 17.4. The van der Waals surface area contributed by atoms with E-state index in [2.05, 4.69) is 19.9 Å². The topological polar surface area (TPSA) is 60.4 Å². The molecule has 0 amide bonds. The molecule has 1 aliphatic carbocycles. The predicted molar refractivity (Wildman–Crippen MR) is 89.5 cm³/mol. The molecule has 0 saturated heterocycles. The van der Waals surface area contributed by atoms with Crippen molar-refractivity contribution in [3.8, 4) is 0 Å². The van der Waals surface area contributed by atoms with Gasteiger partial charge in [0.1, 0.15) is 6.61 Å². The Morgan fingerprint density at radius 3 is 2.26 bits per heavy atom. The minimum atomic E-state index is -3.20. The molecule has 0 heterocycles. The van der Waals surface area contributed by atoms with Gasteiger partial charge in [-0.05, 0) is 42.9 Å². The molecule has 23 heavy (non-hydrogen) atoms. The van der Waals surface area contributed by atoms with Crippen LogP contribution >= 0.6 is 0 Å². The standard InChI is InChI=1S/C18H24O4S/c1-12(2)10-15-16(18(15,3)4)17(19)22-11-13-6-8-14(9-7-13)23(5,20)21/h6-10,15-16H,11H2,1-5H3. The van der Waals surface area contributed by atoms with E-state index in [4.69, 9.17) is 4.74 Å². The summed E-state index contributed by atoms with van der Waals surface area (Å²) in [6.45, 7) is 8.37. The first-order chi connectivity index (χ1) is 10.5. The lowest BCUT2D eigenvalue weighted by Crippen LogP contribution is -2.10. The summed E-state index contributed by atoms with van der Waals surface area (Å²) >= 11 is 0. The molecule has 2 unspecified atom stereocenters. The minimum Gasteiger partial charge on any atom is -0.461 e. The summed E-state index contributed by atoms with van der Waals surface area (Å²) in [5.41, 5.74) is 1.92. The molecule has 4 nitrogen and oxygen atoms in total. The van der Waals surface area contributed by atoms with E-state index in [9.17, 15) is 13.2 Å². The number of carbonyl (C=O) groups excluding carboxylic acids is 1. The highest BCUT2D eigenvalue weighted by Gasteiger charge is 2.61. The van der Waals surface area contributed by atoms with Crippen LogP contribution in [0.15, 0.2) is 40.8 Å². The quantitative estimate of drug-likeness (QED) is 0.611. The molecule has 1 fully saturated rings. The Balaban J connectivity index is 1.97. The maximum atomic E-state index is 12.3. The Kier molecular flexibility index (Phi) is 4.71. The number of sulfone groups is 1. The van der Waals surface area contributed by atoms with Crippen LogP contribution < -0.4 is 0 Å². The van der Waals surface area contributed by atoms with E-state index in [0.717, 1.165) is 5.56 Å². The van der Waals surface area contributed by atoms with Crippen molar-refractivity contribution in [1.29, 1.82) is 0 Å². The van der Waals surface area contributed by atoms with Crippen molar-refractivity contribution in [3.05, 3.63) is 41.5 Å². The van der Waals surface area contributed by atoms with Gasteiger partial charge in [-0.3, -0.25) is 4.79 Å². The van der Waals surface area contributed by atoms with Crippen LogP contribution in [0.3, 0.4) is 0 Å². The Labute approximate surface area is 138 Å². The molecular weight excluding hydrogens is 312 g/mol. The summed E-state index contributed by atoms with van der Waals surface area (Å²) in [5, 5.41) is 0. The van der Waals surface area contributed by atoms with Crippen molar-refractivity contribution in [2.75, 3.05) is 6.26 Å². The number of allylic oxidation sites excluding steroid dienone is 2. The lowest BCUT2D eigenvalue weighted by Gasteiger charge is -2.06. The Hall–Kier alpha value is -1.62. The first-order valence-corrected chi connectivity index (χ1v) is 9.53. The van der Waals surface area contributed by atoms with Gasteiger partial charge in [-0.25, -0.2) is 8.42 Å². The number of carbonyl (C=O) groups is 1. The number of benzene rings is 1. The monoisotopic (exact) mass is 336 g/mol. The number of hydrogen-bond acceptors (Lipinski definition) is 4. The number of esters is 1. The number of hydrogen-bond donors (Lipinski definition) is 0. The highest BCUT2D eigenvalue weighted by Crippen LogP contribution is 2.59. The fourth-order valence-corrected chi connectivity index (χ4v) is 3.51. The molecule has 1 aromatic carbocycles. The van der Waals surface area contributed by atoms with Crippen LogP contribution in [0.5, 0.6) is 0 Å². The molecule has 5 heteroatoms. The van der Waals surface area contributed by atoms with E-state index in [1.807, 2.05) is 13.8 Å². The molecular formula is C18H24O4S. The van der Waals surface area contributed by atoms with Gasteiger partial charge >= 0.3 is 5.97 Å². The summed E-state index contributed by atoms with van der Waals surface area (Å²) < 4.78 is 28.2. The second-order valence-corrected chi connectivity index (χ2v) is 9.11. The van der Waals surface area contributed by atoms with Gasteiger partial charge in [-0.1, -0.05) is 37.6 Å². The third-order valence-electron chi connectivity index (χ3n) is 4.41. The van der Waals surface area contributed by atoms with Crippen LogP contribution in [0.4, 0.5) is 0 Å². The van der Waals surface area contributed by atoms with Gasteiger partial charge in [0.15, 0.2) is 9.84 Å². The maximum absolute atomic E-state index is 12.3. The molecule has 0 radical (unpaired) electrons. The Morgan fingerprint density at radius 2 is 1.78 bits per heavy atom. The normalized spacial score (nSPS) is 22.3.